The van der Waals surface area contributed by atoms with Crippen LogP contribution in [0.4, 0.5) is 0 Å². The molecule has 4 heterocycles. The molecule has 1 aromatic rings. The summed E-state index contributed by atoms with van der Waals surface area (Å²) in [5, 5.41) is 2.82. The van der Waals surface area contributed by atoms with Crippen molar-refractivity contribution in [2.45, 2.75) is 25.4 Å². The first-order valence-electron chi connectivity index (χ1n) is 10.2. The zero-order chi connectivity index (χ0) is 19.5. The zero-order valence-corrected chi connectivity index (χ0v) is 16.6. The quantitative estimate of drug-likeness (QED) is 0.801. The van der Waals surface area contributed by atoms with Gasteiger partial charge in [-0.25, -0.2) is 0 Å². The number of piperidine rings is 1. The molecule has 2 amide bonds. The van der Waals surface area contributed by atoms with E-state index in [9.17, 15) is 9.59 Å². The van der Waals surface area contributed by atoms with Gasteiger partial charge in [-0.1, -0.05) is 12.1 Å². The van der Waals surface area contributed by atoms with Crippen LogP contribution in [-0.2, 0) is 16.1 Å². The normalized spacial score (nSPS) is 26.0. The molecule has 0 spiro atoms. The number of hydrogen-bond acceptors (Lipinski definition) is 5. The molecule has 1 aromatic carbocycles. The highest BCUT2D eigenvalue weighted by atomic mass is 16.5. The van der Waals surface area contributed by atoms with Crippen molar-refractivity contribution >= 4 is 11.8 Å². The third-order valence-corrected chi connectivity index (χ3v) is 6.15. The Balaban J connectivity index is 1.37. The lowest BCUT2D eigenvalue weighted by molar-refractivity contribution is -0.137. The Morgan fingerprint density at radius 1 is 1.14 bits per heavy atom. The minimum atomic E-state index is 0.0158. The van der Waals surface area contributed by atoms with Crippen LogP contribution < -0.4 is 10.1 Å². The van der Waals surface area contributed by atoms with E-state index in [1.807, 2.05) is 17.0 Å². The Morgan fingerprint density at radius 2 is 1.96 bits per heavy atom. The number of fused-ring (bicyclic) bond motifs is 4. The molecule has 0 saturated carbocycles. The van der Waals surface area contributed by atoms with Gasteiger partial charge in [0.25, 0.3) is 0 Å². The van der Waals surface area contributed by atoms with Crippen molar-refractivity contribution in [2.24, 2.45) is 5.92 Å². The molecule has 4 aliphatic rings. The van der Waals surface area contributed by atoms with Crippen LogP contribution in [0.5, 0.6) is 5.75 Å². The van der Waals surface area contributed by atoms with Crippen LogP contribution in [0.3, 0.4) is 0 Å². The van der Waals surface area contributed by atoms with Crippen molar-refractivity contribution < 1.29 is 14.3 Å². The SMILES string of the molecule is COc1ccc(CN2C[C@H]3CC[C@@H](C2)N(C(=O)CN2CCNC(=O)C2)C3)cc1. The van der Waals surface area contributed by atoms with E-state index in [1.165, 1.54) is 12.0 Å². The van der Waals surface area contributed by atoms with E-state index in [-0.39, 0.29) is 17.9 Å². The summed E-state index contributed by atoms with van der Waals surface area (Å²) in [7, 11) is 1.68. The molecule has 28 heavy (non-hydrogen) atoms. The maximum atomic E-state index is 13.0. The van der Waals surface area contributed by atoms with Gasteiger partial charge in [0.15, 0.2) is 0 Å². The summed E-state index contributed by atoms with van der Waals surface area (Å²) >= 11 is 0. The van der Waals surface area contributed by atoms with E-state index in [0.717, 1.165) is 44.9 Å². The number of hydrogen-bond donors (Lipinski definition) is 1. The first-order valence-corrected chi connectivity index (χ1v) is 10.2. The Hall–Kier alpha value is -2.12. The summed E-state index contributed by atoms with van der Waals surface area (Å²) in [6, 6.07) is 8.54. The van der Waals surface area contributed by atoms with Crippen molar-refractivity contribution in [1.82, 2.24) is 20.0 Å². The highest BCUT2D eigenvalue weighted by molar-refractivity contribution is 5.82. The van der Waals surface area contributed by atoms with Crippen LogP contribution in [0, 0.1) is 5.92 Å². The first kappa shape index (κ1) is 19.2. The van der Waals surface area contributed by atoms with E-state index in [4.69, 9.17) is 4.74 Å². The second-order valence-corrected chi connectivity index (χ2v) is 8.25. The fraction of sp³-hybridized carbons (Fsp3) is 0.619. The molecular formula is C21H30N4O3. The lowest BCUT2D eigenvalue weighted by Gasteiger charge is -2.38. The van der Waals surface area contributed by atoms with Crippen molar-refractivity contribution in [1.29, 1.82) is 0 Å². The number of carbonyl (C=O) groups is 2. The summed E-state index contributed by atoms with van der Waals surface area (Å²) in [6.07, 6.45) is 2.27. The van der Waals surface area contributed by atoms with Gasteiger partial charge in [0.1, 0.15) is 5.75 Å². The van der Waals surface area contributed by atoms with Gasteiger partial charge in [-0.3, -0.25) is 19.4 Å². The summed E-state index contributed by atoms with van der Waals surface area (Å²) in [5.41, 5.74) is 1.28. The van der Waals surface area contributed by atoms with Crippen molar-refractivity contribution in [3.63, 3.8) is 0 Å². The standard InChI is InChI=1S/C21H30N4O3/c1-28-19-6-3-16(4-7-19)10-24-11-17-2-5-18(13-24)25(12-17)21(27)15-23-9-8-22-20(26)14-23/h3-4,6-7,17-18H,2,5,8-15H2,1H3,(H,22,26)/t17-,18+/m1/s1. The van der Waals surface area contributed by atoms with E-state index < -0.39 is 0 Å². The predicted molar refractivity (Wildman–Crippen MR) is 106 cm³/mol. The number of methoxy groups -OCH3 is 1. The highest BCUT2D eigenvalue weighted by Gasteiger charge is 2.37. The number of rotatable bonds is 5. The largest absolute Gasteiger partial charge is 0.497 e. The topological polar surface area (TPSA) is 65.1 Å². The summed E-state index contributed by atoms with van der Waals surface area (Å²) in [4.78, 5) is 31.1. The average Bonchev–Trinajstić information content (AvgIpc) is 2.99. The number of ether oxygens (including phenoxy) is 1. The van der Waals surface area contributed by atoms with Crippen LogP contribution >= 0.6 is 0 Å². The maximum Gasteiger partial charge on any atom is 0.237 e. The molecule has 5 rings (SSSR count). The molecule has 4 fully saturated rings. The molecule has 0 radical (unpaired) electrons. The monoisotopic (exact) mass is 386 g/mol. The second kappa shape index (κ2) is 8.49. The van der Waals surface area contributed by atoms with Crippen molar-refractivity contribution in [3.05, 3.63) is 29.8 Å². The number of carbonyl (C=O) groups excluding carboxylic acids is 2. The first-order chi connectivity index (χ1) is 13.6. The fourth-order valence-corrected chi connectivity index (χ4v) is 4.71. The molecule has 4 saturated heterocycles. The molecule has 0 aromatic heterocycles. The molecule has 7 nitrogen and oxygen atoms in total. The second-order valence-electron chi connectivity index (χ2n) is 8.25. The van der Waals surface area contributed by atoms with Crippen LogP contribution in [0.1, 0.15) is 18.4 Å². The zero-order valence-electron chi connectivity index (χ0n) is 16.6. The van der Waals surface area contributed by atoms with Gasteiger partial charge >= 0.3 is 0 Å². The molecule has 2 bridgehead atoms. The van der Waals surface area contributed by atoms with E-state index in [2.05, 4.69) is 27.2 Å². The maximum absolute atomic E-state index is 13.0. The molecule has 152 valence electrons. The van der Waals surface area contributed by atoms with Crippen LogP contribution in [0.25, 0.3) is 0 Å². The van der Waals surface area contributed by atoms with Gasteiger partial charge in [0.05, 0.1) is 20.2 Å². The van der Waals surface area contributed by atoms with Gasteiger partial charge in [0, 0.05) is 45.3 Å². The average molecular weight is 386 g/mol. The van der Waals surface area contributed by atoms with E-state index >= 15 is 0 Å². The number of piperazine rings is 1. The third-order valence-electron chi connectivity index (χ3n) is 6.15. The number of benzene rings is 1. The van der Waals surface area contributed by atoms with Crippen molar-refractivity contribution in [2.75, 3.05) is 52.9 Å². The summed E-state index contributed by atoms with van der Waals surface area (Å²) < 4.78 is 5.25. The Labute approximate surface area is 166 Å². The Bertz CT molecular complexity index is 708. The number of amides is 2. The number of nitrogens with zero attached hydrogens (tertiary/aromatic N) is 3. The highest BCUT2D eigenvalue weighted by Crippen LogP contribution is 2.29. The molecule has 7 heteroatoms. The van der Waals surface area contributed by atoms with Gasteiger partial charge < -0.3 is 15.0 Å². The summed E-state index contributed by atoms with van der Waals surface area (Å²) in [6.45, 7) is 5.80. The fourth-order valence-electron chi connectivity index (χ4n) is 4.71. The predicted octanol–water partition coefficient (Wildman–Crippen LogP) is 0.550. The van der Waals surface area contributed by atoms with Gasteiger partial charge in [0.2, 0.25) is 11.8 Å². The smallest absolute Gasteiger partial charge is 0.237 e. The Kier molecular flexibility index (Phi) is 5.82. The van der Waals surface area contributed by atoms with Crippen LogP contribution in [0.15, 0.2) is 24.3 Å². The van der Waals surface area contributed by atoms with Gasteiger partial charge in [-0.15, -0.1) is 0 Å². The third kappa shape index (κ3) is 4.47. The lowest BCUT2D eigenvalue weighted by Crippen LogP contribution is -2.54. The minimum absolute atomic E-state index is 0.0158. The molecule has 0 aliphatic carbocycles. The minimum Gasteiger partial charge on any atom is -0.497 e. The van der Waals surface area contributed by atoms with Crippen LogP contribution in [0.2, 0.25) is 0 Å². The summed E-state index contributed by atoms with van der Waals surface area (Å²) in [5.74, 6) is 1.60. The molecule has 2 atom stereocenters. The number of nitrogens with one attached hydrogen (secondary N) is 1. The molecule has 4 aliphatic heterocycles. The molecule has 0 unspecified atom stereocenters. The van der Waals surface area contributed by atoms with E-state index in [1.54, 1.807) is 7.11 Å². The van der Waals surface area contributed by atoms with Gasteiger partial charge in [-0.2, -0.15) is 0 Å². The van der Waals surface area contributed by atoms with E-state index in [0.29, 0.717) is 25.6 Å². The Morgan fingerprint density at radius 3 is 2.71 bits per heavy atom. The van der Waals surface area contributed by atoms with Crippen molar-refractivity contribution in [3.8, 4) is 5.75 Å². The molecule has 1 N–H and O–H groups in total. The lowest BCUT2D eigenvalue weighted by atomic mass is 9.95. The van der Waals surface area contributed by atoms with Crippen LogP contribution in [-0.4, -0.2) is 85.5 Å². The van der Waals surface area contributed by atoms with Gasteiger partial charge in [-0.05, 0) is 36.5 Å². The molecular weight excluding hydrogens is 356 g/mol.